The molecule has 156 valence electrons. The van der Waals surface area contributed by atoms with Crippen molar-refractivity contribution in [1.82, 2.24) is 0 Å². The maximum absolute atomic E-state index is 11.3. The lowest BCUT2D eigenvalue weighted by molar-refractivity contribution is -0.384. The summed E-state index contributed by atoms with van der Waals surface area (Å²) in [4.78, 5) is 13.5. The molecule has 1 fully saturated rings. The van der Waals surface area contributed by atoms with Gasteiger partial charge >= 0.3 is 0 Å². The van der Waals surface area contributed by atoms with Crippen LogP contribution in [0, 0.1) is 16.0 Å². The second-order valence-electron chi connectivity index (χ2n) is 9.42. The molecule has 0 bridgehead atoms. The summed E-state index contributed by atoms with van der Waals surface area (Å²) in [6.45, 7) is 6.70. The fourth-order valence-electron chi connectivity index (χ4n) is 5.48. The lowest BCUT2D eigenvalue weighted by Crippen LogP contribution is -2.33. The zero-order chi connectivity index (χ0) is 20.0. The highest BCUT2D eigenvalue weighted by molar-refractivity contribution is 5.66. The fraction of sp³-hybridized carbons (Fsp3) is 0.750. The van der Waals surface area contributed by atoms with E-state index >= 15 is 0 Å². The van der Waals surface area contributed by atoms with E-state index in [1.165, 1.54) is 82.6 Å². The Morgan fingerprint density at radius 3 is 2.54 bits per heavy atom. The number of nitro groups is 1. The smallest absolute Gasteiger partial charge is 0.271 e. The minimum absolute atomic E-state index is 0.134. The molecule has 1 aromatic carbocycles. The Bertz CT molecular complexity index is 654. The van der Waals surface area contributed by atoms with E-state index in [1.54, 1.807) is 6.07 Å². The molecule has 0 amide bonds. The maximum Gasteiger partial charge on any atom is 0.271 e. The summed E-state index contributed by atoms with van der Waals surface area (Å²) in [7, 11) is 0. The normalized spacial score (nSPS) is 22.4. The summed E-state index contributed by atoms with van der Waals surface area (Å²) in [5.41, 5.74) is 2.83. The quantitative estimate of drug-likeness (QED) is 0.247. The first-order chi connectivity index (χ1) is 13.5. The van der Waals surface area contributed by atoms with Crippen molar-refractivity contribution in [3.63, 3.8) is 0 Å². The van der Waals surface area contributed by atoms with Crippen LogP contribution in [0.15, 0.2) is 18.2 Å². The summed E-state index contributed by atoms with van der Waals surface area (Å²) in [5.74, 6) is 0.816. The van der Waals surface area contributed by atoms with Crippen LogP contribution in [0.5, 0.6) is 0 Å². The van der Waals surface area contributed by atoms with Crippen molar-refractivity contribution in [2.75, 3.05) is 18.0 Å². The van der Waals surface area contributed by atoms with Gasteiger partial charge in [0, 0.05) is 36.3 Å². The topological polar surface area (TPSA) is 46.4 Å². The second kappa shape index (κ2) is 9.76. The molecule has 1 unspecified atom stereocenters. The van der Waals surface area contributed by atoms with Crippen molar-refractivity contribution in [2.24, 2.45) is 5.92 Å². The first-order valence-corrected chi connectivity index (χ1v) is 11.6. The minimum Gasteiger partial charge on any atom is -0.370 e. The Balaban J connectivity index is 1.71. The molecule has 28 heavy (non-hydrogen) atoms. The zero-order valence-corrected chi connectivity index (χ0v) is 17.9. The van der Waals surface area contributed by atoms with E-state index < -0.39 is 0 Å². The van der Waals surface area contributed by atoms with E-state index in [0.717, 1.165) is 24.7 Å². The van der Waals surface area contributed by atoms with Gasteiger partial charge in [0.25, 0.3) is 5.69 Å². The van der Waals surface area contributed by atoms with Crippen LogP contribution in [0.4, 0.5) is 11.4 Å². The van der Waals surface area contributed by atoms with Gasteiger partial charge in [-0.1, -0.05) is 78.1 Å². The van der Waals surface area contributed by atoms with Gasteiger partial charge in [-0.2, -0.15) is 0 Å². The Kier molecular flexibility index (Phi) is 7.36. The van der Waals surface area contributed by atoms with Crippen LogP contribution in [-0.4, -0.2) is 18.0 Å². The average molecular weight is 387 g/mol. The van der Waals surface area contributed by atoms with Gasteiger partial charge in [-0.3, -0.25) is 10.1 Å². The van der Waals surface area contributed by atoms with Crippen molar-refractivity contribution in [1.29, 1.82) is 0 Å². The molecule has 1 aromatic rings. The van der Waals surface area contributed by atoms with Gasteiger partial charge in [-0.15, -0.1) is 0 Å². The third-order valence-corrected chi connectivity index (χ3v) is 6.97. The van der Waals surface area contributed by atoms with Crippen molar-refractivity contribution >= 4 is 11.4 Å². The Hall–Kier alpha value is -1.58. The molecule has 3 rings (SSSR count). The molecule has 0 spiro atoms. The Labute approximate surface area is 170 Å². The molecule has 1 aliphatic carbocycles. The van der Waals surface area contributed by atoms with Crippen LogP contribution >= 0.6 is 0 Å². The highest BCUT2D eigenvalue weighted by Gasteiger charge is 2.41. The summed E-state index contributed by atoms with van der Waals surface area (Å²) >= 11 is 0. The average Bonchev–Trinajstić information content (AvgIpc) is 2.96. The minimum atomic E-state index is -0.250. The highest BCUT2D eigenvalue weighted by Crippen LogP contribution is 2.47. The zero-order valence-electron chi connectivity index (χ0n) is 17.9. The van der Waals surface area contributed by atoms with E-state index in [-0.39, 0.29) is 16.0 Å². The number of nitrogens with zero attached hydrogens (tertiary/aromatic N) is 2. The monoisotopic (exact) mass is 386 g/mol. The van der Waals surface area contributed by atoms with Gasteiger partial charge in [0.15, 0.2) is 0 Å². The molecule has 2 aliphatic rings. The number of hydrogen-bond donors (Lipinski definition) is 0. The molecule has 0 radical (unpaired) electrons. The molecule has 4 heteroatoms. The molecule has 1 saturated carbocycles. The van der Waals surface area contributed by atoms with Crippen molar-refractivity contribution in [3.8, 4) is 0 Å². The van der Waals surface area contributed by atoms with Gasteiger partial charge < -0.3 is 4.90 Å². The maximum atomic E-state index is 11.3. The van der Waals surface area contributed by atoms with Gasteiger partial charge in [-0.05, 0) is 30.4 Å². The fourth-order valence-corrected chi connectivity index (χ4v) is 5.48. The van der Waals surface area contributed by atoms with Crippen LogP contribution < -0.4 is 4.90 Å². The summed E-state index contributed by atoms with van der Waals surface area (Å²) in [5, 5.41) is 11.3. The molecule has 0 saturated heterocycles. The summed E-state index contributed by atoms with van der Waals surface area (Å²) in [6.07, 6.45) is 15.8. The van der Waals surface area contributed by atoms with Gasteiger partial charge in [-0.25, -0.2) is 0 Å². The van der Waals surface area contributed by atoms with E-state index in [9.17, 15) is 10.1 Å². The van der Waals surface area contributed by atoms with E-state index in [4.69, 9.17) is 0 Å². The standard InChI is InChI=1S/C24H38N2O2/c1-3-4-5-6-7-11-16-25-19-24(2,18-20-12-9-8-10-13-20)22-15-14-21(26(27)28)17-23(22)25/h14-15,17,20H,3-13,16,18-19H2,1-2H3. The van der Waals surface area contributed by atoms with E-state index in [1.807, 2.05) is 6.07 Å². The van der Waals surface area contributed by atoms with Crippen molar-refractivity contribution in [3.05, 3.63) is 33.9 Å². The molecule has 1 atom stereocenters. The molecule has 1 heterocycles. The number of benzene rings is 1. The molecule has 4 nitrogen and oxygen atoms in total. The number of anilines is 1. The highest BCUT2D eigenvalue weighted by atomic mass is 16.6. The van der Waals surface area contributed by atoms with E-state index in [2.05, 4.69) is 24.8 Å². The molecule has 0 aromatic heterocycles. The first kappa shape index (κ1) is 21.1. The van der Waals surface area contributed by atoms with E-state index in [0.29, 0.717) is 0 Å². The van der Waals surface area contributed by atoms with Crippen molar-refractivity contribution < 1.29 is 4.92 Å². The van der Waals surface area contributed by atoms with Crippen LogP contribution in [0.3, 0.4) is 0 Å². The van der Waals surface area contributed by atoms with Crippen molar-refractivity contribution in [2.45, 2.75) is 96.3 Å². The number of rotatable bonds is 10. The number of hydrogen-bond acceptors (Lipinski definition) is 3. The van der Waals surface area contributed by atoms with Gasteiger partial charge in [0.1, 0.15) is 0 Å². The lowest BCUT2D eigenvalue weighted by atomic mass is 9.73. The SMILES string of the molecule is CCCCCCCCN1CC(C)(CC2CCCCC2)c2ccc([N+](=O)[O-])cc21. The number of unbranched alkanes of at least 4 members (excludes halogenated alkanes) is 5. The number of fused-ring (bicyclic) bond motifs is 1. The molecule has 0 N–H and O–H groups in total. The molecule has 1 aliphatic heterocycles. The van der Waals surface area contributed by atoms with Crippen LogP contribution in [-0.2, 0) is 5.41 Å². The molecular formula is C24H38N2O2. The summed E-state index contributed by atoms with van der Waals surface area (Å²) < 4.78 is 0. The first-order valence-electron chi connectivity index (χ1n) is 11.6. The molecular weight excluding hydrogens is 348 g/mol. The van der Waals surface area contributed by atoms with Gasteiger partial charge in [0.2, 0.25) is 0 Å². The largest absolute Gasteiger partial charge is 0.370 e. The number of non-ortho nitro benzene ring substituents is 1. The predicted octanol–water partition coefficient (Wildman–Crippen LogP) is 7.00. The Morgan fingerprint density at radius 1 is 1.11 bits per heavy atom. The summed E-state index contributed by atoms with van der Waals surface area (Å²) in [6, 6.07) is 5.60. The second-order valence-corrected chi connectivity index (χ2v) is 9.42. The van der Waals surface area contributed by atoms with Crippen LogP contribution in [0.2, 0.25) is 0 Å². The Morgan fingerprint density at radius 2 is 1.82 bits per heavy atom. The van der Waals surface area contributed by atoms with Crippen LogP contribution in [0.25, 0.3) is 0 Å². The lowest BCUT2D eigenvalue weighted by Gasteiger charge is -2.32. The number of nitro benzene ring substituents is 1. The third-order valence-electron chi connectivity index (χ3n) is 6.97. The third kappa shape index (κ3) is 5.07. The predicted molar refractivity (Wildman–Crippen MR) is 117 cm³/mol. The van der Waals surface area contributed by atoms with Crippen LogP contribution in [0.1, 0.15) is 96.5 Å². The van der Waals surface area contributed by atoms with Gasteiger partial charge in [0.05, 0.1) is 4.92 Å².